The molecule has 4 N–H and O–H groups in total. The van der Waals surface area contributed by atoms with E-state index in [-0.39, 0.29) is 6.42 Å². The largest absolute Gasteiger partial charge is 0.479 e. The first-order valence-corrected chi connectivity index (χ1v) is 3.27. The summed E-state index contributed by atoms with van der Waals surface area (Å²) in [5.41, 5.74) is 0. The molecule has 0 aromatic carbocycles. The van der Waals surface area contributed by atoms with Crippen molar-refractivity contribution in [2.24, 2.45) is 0 Å². The molecule has 0 radical (unpaired) electrons. The Morgan fingerprint density at radius 1 is 1.36 bits per heavy atom. The molecule has 5 heteroatoms. The normalized spacial score (nSPS) is 18.9. The predicted octanol–water partition coefficient (Wildman–Crippen LogP) is -1.44. The third kappa shape index (κ3) is 2.83. The molecule has 3 atom stereocenters. The highest BCUT2D eigenvalue weighted by atomic mass is 16.4. The number of carboxylic acid groups (broad SMARTS) is 1. The van der Waals surface area contributed by atoms with Crippen LogP contribution in [0, 0.1) is 0 Å². The Labute approximate surface area is 63.9 Å². The van der Waals surface area contributed by atoms with Crippen molar-refractivity contribution in [1.82, 2.24) is 0 Å². The highest BCUT2D eigenvalue weighted by Crippen LogP contribution is 2.03. The van der Waals surface area contributed by atoms with E-state index in [0.29, 0.717) is 0 Å². The van der Waals surface area contributed by atoms with Crippen molar-refractivity contribution in [1.29, 1.82) is 0 Å². The van der Waals surface area contributed by atoms with Gasteiger partial charge in [-0.3, -0.25) is 0 Å². The number of carboxylic acids is 1. The minimum absolute atomic E-state index is 0.200. The monoisotopic (exact) mass is 164 g/mol. The Morgan fingerprint density at radius 3 is 2.09 bits per heavy atom. The molecule has 0 amide bonds. The van der Waals surface area contributed by atoms with Gasteiger partial charge >= 0.3 is 5.97 Å². The minimum Gasteiger partial charge on any atom is -0.479 e. The lowest BCUT2D eigenvalue weighted by molar-refractivity contribution is -0.158. The van der Waals surface area contributed by atoms with Crippen LogP contribution in [-0.2, 0) is 4.79 Å². The zero-order valence-corrected chi connectivity index (χ0v) is 6.14. The van der Waals surface area contributed by atoms with Crippen molar-refractivity contribution < 1.29 is 25.2 Å². The molecule has 0 rings (SSSR count). The van der Waals surface area contributed by atoms with Crippen LogP contribution in [-0.4, -0.2) is 44.7 Å². The highest BCUT2D eigenvalue weighted by Gasteiger charge is 2.28. The molecule has 0 saturated carbocycles. The van der Waals surface area contributed by atoms with Crippen molar-refractivity contribution in [2.45, 2.75) is 31.7 Å². The highest BCUT2D eigenvalue weighted by molar-refractivity contribution is 5.72. The van der Waals surface area contributed by atoms with Crippen LogP contribution < -0.4 is 0 Å². The molecule has 66 valence electrons. The lowest BCUT2D eigenvalue weighted by Crippen LogP contribution is -2.41. The third-order valence-electron chi connectivity index (χ3n) is 1.39. The summed E-state index contributed by atoms with van der Waals surface area (Å²) in [5.74, 6) is -1.54. The summed E-state index contributed by atoms with van der Waals surface area (Å²) in [6.07, 6.45) is -4.52. The smallest absolute Gasteiger partial charge is 0.335 e. The zero-order chi connectivity index (χ0) is 9.02. The Balaban J connectivity index is 4.00. The fraction of sp³-hybridized carbons (Fsp3) is 0.833. The van der Waals surface area contributed by atoms with Crippen LogP contribution >= 0.6 is 0 Å². The van der Waals surface area contributed by atoms with Crippen LogP contribution in [0.25, 0.3) is 0 Å². The van der Waals surface area contributed by atoms with Gasteiger partial charge in [0.15, 0.2) is 6.10 Å². The minimum atomic E-state index is -1.91. The molecule has 0 heterocycles. The Bertz CT molecular complexity index is 135. The van der Waals surface area contributed by atoms with E-state index in [0.717, 1.165) is 0 Å². The quantitative estimate of drug-likeness (QED) is 0.408. The van der Waals surface area contributed by atoms with Crippen LogP contribution in [0.4, 0.5) is 0 Å². The summed E-state index contributed by atoms with van der Waals surface area (Å²) in [6.45, 7) is 1.57. The molecular weight excluding hydrogens is 152 g/mol. The summed E-state index contributed by atoms with van der Waals surface area (Å²) in [4.78, 5) is 10.0. The van der Waals surface area contributed by atoms with Crippen LogP contribution in [0.1, 0.15) is 13.3 Å². The molecule has 0 aromatic heterocycles. The Kier molecular flexibility index (Phi) is 4.02. The fourth-order valence-corrected chi connectivity index (χ4v) is 0.598. The van der Waals surface area contributed by atoms with Crippen LogP contribution in [0.2, 0.25) is 0 Å². The van der Waals surface area contributed by atoms with Crippen LogP contribution in [0.15, 0.2) is 0 Å². The average molecular weight is 164 g/mol. The van der Waals surface area contributed by atoms with Crippen molar-refractivity contribution in [3.8, 4) is 0 Å². The summed E-state index contributed by atoms with van der Waals surface area (Å²) in [6, 6.07) is 0. The summed E-state index contributed by atoms with van der Waals surface area (Å²) in [7, 11) is 0. The van der Waals surface area contributed by atoms with E-state index < -0.39 is 24.3 Å². The van der Waals surface area contributed by atoms with E-state index >= 15 is 0 Å². The van der Waals surface area contributed by atoms with Crippen LogP contribution in [0.5, 0.6) is 0 Å². The van der Waals surface area contributed by atoms with Gasteiger partial charge in [-0.05, 0) is 6.42 Å². The van der Waals surface area contributed by atoms with E-state index in [1.54, 1.807) is 6.92 Å². The van der Waals surface area contributed by atoms with Gasteiger partial charge in [0.2, 0.25) is 0 Å². The molecule has 2 unspecified atom stereocenters. The molecule has 0 aliphatic carbocycles. The average Bonchev–Trinajstić information content (AvgIpc) is 2.00. The van der Waals surface area contributed by atoms with E-state index in [4.69, 9.17) is 20.4 Å². The number of aliphatic carboxylic acids is 1. The zero-order valence-electron chi connectivity index (χ0n) is 6.14. The van der Waals surface area contributed by atoms with Crippen LogP contribution in [0.3, 0.4) is 0 Å². The van der Waals surface area contributed by atoms with Crippen molar-refractivity contribution in [3.05, 3.63) is 0 Å². The third-order valence-corrected chi connectivity index (χ3v) is 1.39. The second kappa shape index (κ2) is 4.27. The van der Waals surface area contributed by atoms with Gasteiger partial charge in [0.25, 0.3) is 0 Å². The van der Waals surface area contributed by atoms with Crippen molar-refractivity contribution in [3.63, 3.8) is 0 Å². The lowest BCUT2D eigenvalue weighted by Gasteiger charge is -2.18. The summed E-state index contributed by atoms with van der Waals surface area (Å²) in [5, 5.41) is 34.6. The van der Waals surface area contributed by atoms with Gasteiger partial charge in [-0.15, -0.1) is 0 Å². The molecular formula is C6H12O5. The SMILES string of the molecule is CC[C@@H](O)C(O)C(O)C(=O)O. The topological polar surface area (TPSA) is 98.0 Å². The Morgan fingerprint density at radius 2 is 1.82 bits per heavy atom. The molecule has 5 nitrogen and oxygen atoms in total. The predicted molar refractivity (Wildman–Crippen MR) is 35.9 cm³/mol. The first-order chi connectivity index (χ1) is 5.00. The number of hydrogen-bond acceptors (Lipinski definition) is 4. The number of aliphatic hydroxyl groups excluding tert-OH is 3. The van der Waals surface area contributed by atoms with E-state index in [1.807, 2.05) is 0 Å². The summed E-state index contributed by atoms with van der Waals surface area (Å²) < 4.78 is 0. The summed E-state index contributed by atoms with van der Waals surface area (Å²) >= 11 is 0. The number of rotatable bonds is 4. The molecule has 0 aliphatic heterocycles. The first-order valence-electron chi connectivity index (χ1n) is 3.27. The van der Waals surface area contributed by atoms with Gasteiger partial charge in [-0.25, -0.2) is 4.79 Å². The molecule has 11 heavy (non-hydrogen) atoms. The number of carbonyl (C=O) groups is 1. The number of aliphatic hydroxyl groups is 3. The van der Waals surface area contributed by atoms with Gasteiger partial charge < -0.3 is 20.4 Å². The maximum Gasteiger partial charge on any atom is 0.335 e. The standard InChI is InChI=1S/C6H12O5/c1-2-3(7)4(8)5(9)6(10)11/h3-5,7-9H,2H2,1H3,(H,10,11)/t3-,4?,5?/m1/s1. The maximum absolute atomic E-state index is 10.0. The van der Waals surface area contributed by atoms with E-state index in [9.17, 15) is 4.79 Å². The second-order valence-electron chi connectivity index (χ2n) is 2.25. The van der Waals surface area contributed by atoms with E-state index in [1.165, 1.54) is 0 Å². The van der Waals surface area contributed by atoms with E-state index in [2.05, 4.69) is 0 Å². The van der Waals surface area contributed by atoms with Gasteiger partial charge in [0, 0.05) is 0 Å². The molecule has 0 saturated heterocycles. The van der Waals surface area contributed by atoms with Crippen molar-refractivity contribution in [2.75, 3.05) is 0 Å². The molecule has 0 fully saturated rings. The fourth-order valence-electron chi connectivity index (χ4n) is 0.598. The maximum atomic E-state index is 10.0. The molecule has 0 aromatic rings. The lowest BCUT2D eigenvalue weighted by atomic mass is 10.1. The molecule has 0 aliphatic rings. The van der Waals surface area contributed by atoms with Gasteiger partial charge in [-0.2, -0.15) is 0 Å². The van der Waals surface area contributed by atoms with Gasteiger partial charge in [0.1, 0.15) is 6.10 Å². The first kappa shape index (κ1) is 10.3. The van der Waals surface area contributed by atoms with Crippen molar-refractivity contribution >= 4 is 5.97 Å². The second-order valence-corrected chi connectivity index (χ2v) is 2.25. The molecule has 0 spiro atoms. The van der Waals surface area contributed by atoms with Gasteiger partial charge in [0.05, 0.1) is 6.10 Å². The number of hydrogen-bond donors (Lipinski definition) is 4. The molecule has 0 bridgehead atoms. The van der Waals surface area contributed by atoms with Gasteiger partial charge in [-0.1, -0.05) is 6.92 Å². The Hall–Kier alpha value is -0.650.